The Morgan fingerprint density at radius 3 is 2.45 bits per heavy atom. The van der Waals surface area contributed by atoms with Crippen molar-refractivity contribution in [2.45, 2.75) is 19.6 Å². The van der Waals surface area contributed by atoms with Crippen molar-refractivity contribution in [1.29, 1.82) is 0 Å². The Balaban J connectivity index is 1.36. The second kappa shape index (κ2) is 9.45. The first-order valence-electron chi connectivity index (χ1n) is 10.7. The summed E-state index contributed by atoms with van der Waals surface area (Å²) in [4.78, 5) is 34.0. The van der Waals surface area contributed by atoms with E-state index in [1.165, 1.54) is 17.4 Å². The van der Waals surface area contributed by atoms with Gasteiger partial charge in [0, 0.05) is 51.4 Å². The molecule has 0 radical (unpaired) electrons. The van der Waals surface area contributed by atoms with Gasteiger partial charge >= 0.3 is 6.09 Å². The van der Waals surface area contributed by atoms with Gasteiger partial charge in [-0.2, -0.15) is 0 Å². The summed E-state index contributed by atoms with van der Waals surface area (Å²) in [6, 6.07) is 12.4. The van der Waals surface area contributed by atoms with Gasteiger partial charge in [0.05, 0.1) is 13.1 Å². The number of nitrogens with one attached hydrogen (secondary N) is 1. The lowest BCUT2D eigenvalue weighted by atomic mass is 10.1. The number of hydrogen-bond acceptors (Lipinski definition) is 6. The number of carbonyl (C=O) groups is 2. The first kappa shape index (κ1) is 21.3. The topological polar surface area (TPSA) is 78.0 Å². The lowest BCUT2D eigenvalue weighted by Gasteiger charge is -2.32. The maximum Gasteiger partial charge on any atom is 0.416 e. The molecule has 1 aromatic heterocycles. The van der Waals surface area contributed by atoms with Crippen LogP contribution < -0.4 is 10.2 Å². The summed E-state index contributed by atoms with van der Waals surface area (Å²) in [6.07, 6.45) is 0.966. The number of anilines is 1. The third-order valence-corrected chi connectivity index (χ3v) is 5.77. The molecule has 164 valence electrons. The van der Waals surface area contributed by atoms with E-state index in [4.69, 9.17) is 4.74 Å². The van der Waals surface area contributed by atoms with Gasteiger partial charge in [-0.05, 0) is 30.3 Å². The van der Waals surface area contributed by atoms with Crippen LogP contribution in [-0.4, -0.2) is 79.2 Å². The van der Waals surface area contributed by atoms with Crippen molar-refractivity contribution >= 4 is 17.8 Å². The molecular weight excluding hydrogens is 394 g/mol. The average molecular weight is 424 g/mol. The van der Waals surface area contributed by atoms with Crippen molar-refractivity contribution < 1.29 is 14.3 Å². The summed E-state index contributed by atoms with van der Waals surface area (Å²) in [6.45, 7) is 7.53. The summed E-state index contributed by atoms with van der Waals surface area (Å²) < 4.78 is 5.30. The third-order valence-electron chi connectivity index (χ3n) is 5.77. The molecule has 0 unspecified atom stereocenters. The van der Waals surface area contributed by atoms with E-state index in [2.05, 4.69) is 51.4 Å². The summed E-state index contributed by atoms with van der Waals surface area (Å²) >= 11 is 0. The van der Waals surface area contributed by atoms with E-state index < -0.39 is 6.09 Å². The molecule has 8 nitrogen and oxygen atoms in total. The van der Waals surface area contributed by atoms with Crippen LogP contribution in [0.3, 0.4) is 0 Å². The Morgan fingerprint density at radius 2 is 1.81 bits per heavy atom. The normalized spacial score (nSPS) is 20.0. The Bertz CT molecular complexity index is 908. The minimum atomic E-state index is -0.441. The lowest BCUT2D eigenvalue weighted by Crippen LogP contribution is -2.43. The van der Waals surface area contributed by atoms with Gasteiger partial charge in [0.1, 0.15) is 11.9 Å². The number of carbonyl (C=O) groups excluding carboxylic acids is 2. The number of hydrogen-bond donors (Lipinski definition) is 1. The quantitative estimate of drug-likeness (QED) is 0.765. The molecule has 2 aliphatic heterocycles. The van der Waals surface area contributed by atoms with Crippen molar-refractivity contribution in [1.82, 2.24) is 20.1 Å². The molecule has 1 N–H and O–H groups in total. The molecule has 2 saturated heterocycles. The van der Waals surface area contributed by atoms with E-state index >= 15 is 0 Å². The van der Waals surface area contributed by atoms with Crippen LogP contribution in [0, 0.1) is 0 Å². The summed E-state index contributed by atoms with van der Waals surface area (Å²) in [5, 5.41) is 2.67. The fraction of sp³-hybridized carbons (Fsp3) is 0.435. The first-order chi connectivity index (χ1) is 15.0. The van der Waals surface area contributed by atoms with Crippen LogP contribution in [0.15, 0.2) is 42.6 Å². The van der Waals surface area contributed by atoms with E-state index in [1.807, 2.05) is 12.1 Å². The molecule has 0 saturated carbocycles. The number of likely N-dealkylation sites (N-methyl/N-ethyl adjacent to an activating group) is 1. The number of rotatable bonds is 6. The SMILES string of the molecule is CC(=O)NC[C@H]1CN(c2ccc(-c3ccc(CN4CCN(C)CC4)cc3)cn2)C(=O)O1. The number of cyclic esters (lactones) is 1. The highest BCUT2D eigenvalue weighted by molar-refractivity contribution is 5.88. The van der Waals surface area contributed by atoms with E-state index in [1.54, 1.807) is 6.20 Å². The van der Waals surface area contributed by atoms with Gasteiger partial charge in [-0.15, -0.1) is 0 Å². The molecule has 2 aliphatic rings. The molecular formula is C23H29N5O3. The van der Waals surface area contributed by atoms with Gasteiger partial charge in [0.2, 0.25) is 5.91 Å². The molecule has 31 heavy (non-hydrogen) atoms. The number of nitrogens with zero attached hydrogens (tertiary/aromatic N) is 4. The number of amides is 2. The van der Waals surface area contributed by atoms with E-state index in [0.717, 1.165) is 43.9 Å². The zero-order valence-electron chi connectivity index (χ0n) is 18.1. The predicted molar refractivity (Wildman–Crippen MR) is 119 cm³/mol. The van der Waals surface area contributed by atoms with Crippen molar-refractivity contribution in [2.24, 2.45) is 0 Å². The molecule has 1 atom stereocenters. The lowest BCUT2D eigenvalue weighted by molar-refractivity contribution is -0.119. The predicted octanol–water partition coefficient (Wildman–Crippen LogP) is 1.96. The Kier molecular flexibility index (Phi) is 6.48. The van der Waals surface area contributed by atoms with E-state index in [9.17, 15) is 9.59 Å². The number of pyridine rings is 1. The van der Waals surface area contributed by atoms with Gasteiger partial charge in [-0.3, -0.25) is 14.6 Å². The number of ether oxygens (including phenoxy) is 1. The minimum absolute atomic E-state index is 0.147. The summed E-state index contributed by atoms with van der Waals surface area (Å²) in [7, 11) is 2.17. The largest absolute Gasteiger partial charge is 0.442 e. The summed E-state index contributed by atoms with van der Waals surface area (Å²) in [5.74, 6) is 0.400. The monoisotopic (exact) mass is 423 g/mol. The number of piperazine rings is 1. The molecule has 0 bridgehead atoms. The highest BCUT2D eigenvalue weighted by Gasteiger charge is 2.33. The van der Waals surface area contributed by atoms with Gasteiger partial charge in [0.25, 0.3) is 0 Å². The maximum atomic E-state index is 12.1. The Morgan fingerprint density at radius 1 is 1.10 bits per heavy atom. The Hall–Kier alpha value is -2.97. The fourth-order valence-corrected chi connectivity index (χ4v) is 3.86. The van der Waals surface area contributed by atoms with E-state index in [0.29, 0.717) is 18.9 Å². The van der Waals surface area contributed by atoms with Crippen LogP contribution in [-0.2, 0) is 16.1 Å². The molecule has 1 aromatic carbocycles. The highest BCUT2D eigenvalue weighted by atomic mass is 16.6. The van der Waals surface area contributed by atoms with Gasteiger partial charge < -0.3 is 15.0 Å². The third kappa shape index (κ3) is 5.39. The average Bonchev–Trinajstić information content (AvgIpc) is 3.15. The molecule has 2 amide bonds. The van der Waals surface area contributed by atoms with Crippen molar-refractivity contribution in [3.05, 3.63) is 48.2 Å². The van der Waals surface area contributed by atoms with Crippen molar-refractivity contribution in [3.63, 3.8) is 0 Å². The summed E-state index contributed by atoms with van der Waals surface area (Å²) in [5.41, 5.74) is 3.40. The van der Waals surface area contributed by atoms with Gasteiger partial charge in [-0.1, -0.05) is 24.3 Å². The molecule has 0 spiro atoms. The van der Waals surface area contributed by atoms with Crippen molar-refractivity contribution in [2.75, 3.05) is 51.2 Å². The van der Waals surface area contributed by atoms with Gasteiger partial charge in [-0.25, -0.2) is 9.78 Å². The smallest absolute Gasteiger partial charge is 0.416 e. The maximum absolute atomic E-state index is 12.1. The molecule has 0 aliphatic carbocycles. The second-order valence-electron chi connectivity index (χ2n) is 8.23. The van der Waals surface area contributed by atoms with Crippen LogP contribution in [0.25, 0.3) is 11.1 Å². The fourth-order valence-electron chi connectivity index (χ4n) is 3.86. The van der Waals surface area contributed by atoms with Gasteiger partial charge in [0.15, 0.2) is 0 Å². The minimum Gasteiger partial charge on any atom is -0.442 e. The number of benzene rings is 1. The first-order valence-corrected chi connectivity index (χ1v) is 10.7. The van der Waals surface area contributed by atoms with Crippen LogP contribution >= 0.6 is 0 Å². The highest BCUT2D eigenvalue weighted by Crippen LogP contribution is 2.24. The van der Waals surface area contributed by atoms with E-state index in [-0.39, 0.29) is 12.0 Å². The molecule has 3 heterocycles. The van der Waals surface area contributed by atoms with Crippen molar-refractivity contribution in [3.8, 4) is 11.1 Å². The van der Waals surface area contributed by atoms with Crippen LogP contribution in [0.2, 0.25) is 0 Å². The zero-order chi connectivity index (χ0) is 21.8. The molecule has 2 aromatic rings. The number of aromatic nitrogens is 1. The standard InChI is InChI=1S/C23H29N5O3/c1-17(29)24-14-21-16-28(23(30)31-21)22-8-7-20(13-25-22)19-5-3-18(4-6-19)15-27-11-9-26(2)10-12-27/h3-8,13,21H,9-12,14-16H2,1-2H3,(H,24,29)/t21-/m0/s1. The van der Waals surface area contributed by atoms with Crippen LogP contribution in [0.5, 0.6) is 0 Å². The molecule has 4 rings (SSSR count). The molecule has 8 heteroatoms. The second-order valence-corrected chi connectivity index (χ2v) is 8.23. The zero-order valence-corrected chi connectivity index (χ0v) is 18.1. The Labute approximate surface area is 182 Å². The van der Waals surface area contributed by atoms with Crippen LogP contribution in [0.1, 0.15) is 12.5 Å². The van der Waals surface area contributed by atoms with Crippen LogP contribution in [0.4, 0.5) is 10.6 Å². The molecule has 2 fully saturated rings.